The Morgan fingerprint density at radius 2 is 1.87 bits per heavy atom. The normalized spacial score (nSPS) is 11.9. The van der Waals surface area contributed by atoms with Crippen LogP contribution in [0.5, 0.6) is 17.4 Å². The average Bonchev–Trinajstić information content (AvgIpc) is 3.04. The molecule has 4 rings (SSSR count). The number of nitrogens with one attached hydrogen (secondary N) is 1. The van der Waals surface area contributed by atoms with E-state index in [1.54, 1.807) is 18.2 Å². The van der Waals surface area contributed by atoms with E-state index in [1.807, 2.05) is 0 Å². The number of fused-ring (bicyclic) bond motifs is 4. The SMILES string of the molecule is COc1cc2c(cc1OC)-c1cc3c(O)[nH]c(=S)n3c(=O)c1=N2. The molecule has 0 spiro atoms. The lowest BCUT2D eigenvalue weighted by atomic mass is 10.1. The molecule has 0 amide bonds. The minimum absolute atomic E-state index is 0.131. The van der Waals surface area contributed by atoms with Gasteiger partial charge in [0.1, 0.15) is 10.9 Å². The van der Waals surface area contributed by atoms with Crippen LogP contribution in [0.15, 0.2) is 28.0 Å². The number of nitrogens with zero attached hydrogens (tertiary/aromatic N) is 2. The largest absolute Gasteiger partial charge is 0.493 e. The number of rotatable bonds is 2. The highest BCUT2D eigenvalue weighted by Crippen LogP contribution is 2.41. The van der Waals surface area contributed by atoms with Gasteiger partial charge >= 0.3 is 0 Å². The Bertz CT molecular complexity index is 1150. The van der Waals surface area contributed by atoms with Gasteiger partial charge in [0.05, 0.1) is 19.9 Å². The van der Waals surface area contributed by atoms with Gasteiger partial charge in [-0.25, -0.2) is 9.39 Å². The molecule has 0 unspecified atom stereocenters. The van der Waals surface area contributed by atoms with E-state index in [9.17, 15) is 9.90 Å². The summed E-state index contributed by atoms with van der Waals surface area (Å²) < 4.78 is 11.9. The molecule has 7 nitrogen and oxygen atoms in total. The number of benzene rings is 1. The Kier molecular flexibility index (Phi) is 2.73. The molecule has 0 saturated carbocycles. The fourth-order valence-corrected chi connectivity index (χ4v) is 3.09. The summed E-state index contributed by atoms with van der Waals surface area (Å²) >= 11 is 5.06. The fourth-order valence-electron chi connectivity index (χ4n) is 2.81. The maximum atomic E-state index is 12.6. The van der Waals surface area contributed by atoms with Crippen LogP contribution in [0.3, 0.4) is 0 Å². The van der Waals surface area contributed by atoms with Crippen molar-refractivity contribution in [2.24, 2.45) is 4.99 Å². The second-order valence-corrected chi connectivity index (χ2v) is 5.43. The van der Waals surface area contributed by atoms with Gasteiger partial charge in [-0.05, 0) is 24.4 Å². The van der Waals surface area contributed by atoms with Gasteiger partial charge in [-0.2, -0.15) is 0 Å². The molecule has 0 fully saturated rings. The highest BCUT2D eigenvalue weighted by Gasteiger charge is 2.22. The third kappa shape index (κ3) is 1.72. The highest BCUT2D eigenvalue weighted by molar-refractivity contribution is 7.71. The van der Waals surface area contributed by atoms with Gasteiger partial charge in [0.2, 0.25) is 5.88 Å². The molecule has 0 saturated heterocycles. The average molecular weight is 329 g/mol. The highest BCUT2D eigenvalue weighted by atomic mass is 32.1. The van der Waals surface area contributed by atoms with Crippen molar-refractivity contribution in [1.29, 1.82) is 0 Å². The number of pyridine rings is 1. The second kappa shape index (κ2) is 4.56. The first kappa shape index (κ1) is 13.8. The number of ether oxygens (including phenoxy) is 2. The lowest BCUT2D eigenvalue weighted by Crippen LogP contribution is -2.30. The summed E-state index contributed by atoms with van der Waals surface area (Å²) in [5.41, 5.74) is 1.90. The molecule has 23 heavy (non-hydrogen) atoms. The maximum absolute atomic E-state index is 12.6. The summed E-state index contributed by atoms with van der Waals surface area (Å²) in [4.78, 5) is 19.6. The first-order chi connectivity index (χ1) is 11.0. The lowest BCUT2D eigenvalue weighted by molar-refractivity contribution is 0.355. The standard InChI is InChI=1S/C15H11N3O4S/c1-21-10-4-6-7-3-9-13(19)17-15(23)18(9)14(20)12(7)16-8(6)5-11(10)22-2/h3-5,19H,1-2H3,(H,17,23). The van der Waals surface area contributed by atoms with Crippen molar-refractivity contribution in [3.63, 3.8) is 0 Å². The van der Waals surface area contributed by atoms with Crippen molar-refractivity contribution in [3.05, 3.63) is 38.7 Å². The van der Waals surface area contributed by atoms with Gasteiger partial charge in [0.15, 0.2) is 16.3 Å². The second-order valence-electron chi connectivity index (χ2n) is 5.05. The van der Waals surface area contributed by atoms with Gasteiger partial charge in [-0.15, -0.1) is 0 Å². The van der Waals surface area contributed by atoms with E-state index in [-0.39, 0.29) is 21.6 Å². The van der Waals surface area contributed by atoms with E-state index >= 15 is 0 Å². The summed E-state index contributed by atoms with van der Waals surface area (Å²) in [5, 5.41) is 10.2. The van der Waals surface area contributed by atoms with Crippen LogP contribution in [0, 0.1) is 4.77 Å². The molecule has 1 aliphatic rings. The summed E-state index contributed by atoms with van der Waals surface area (Å²) in [6.07, 6.45) is 0. The van der Waals surface area contributed by atoms with Gasteiger partial charge in [-0.1, -0.05) is 0 Å². The molecule has 0 atom stereocenters. The molecule has 3 aromatic rings. The predicted octanol–water partition coefficient (Wildman–Crippen LogP) is 1.73. The Morgan fingerprint density at radius 1 is 1.17 bits per heavy atom. The number of aromatic nitrogens is 2. The minimum atomic E-state index is -0.381. The molecule has 8 heteroatoms. The van der Waals surface area contributed by atoms with Crippen molar-refractivity contribution < 1.29 is 14.6 Å². The topological polar surface area (TPSA) is 88.3 Å². The van der Waals surface area contributed by atoms with Gasteiger partial charge in [-0.3, -0.25) is 4.79 Å². The zero-order valence-corrected chi connectivity index (χ0v) is 13.0. The number of aromatic hydroxyl groups is 1. The fraction of sp³-hybridized carbons (Fsp3) is 0.133. The molecule has 1 aliphatic heterocycles. The summed E-state index contributed by atoms with van der Waals surface area (Å²) in [5.74, 6) is 0.919. The van der Waals surface area contributed by atoms with Crippen LogP contribution in [-0.4, -0.2) is 28.7 Å². The molecule has 0 aliphatic carbocycles. The Labute approximate surface area is 134 Å². The van der Waals surface area contributed by atoms with Gasteiger partial charge < -0.3 is 19.6 Å². The van der Waals surface area contributed by atoms with E-state index in [0.717, 1.165) is 5.56 Å². The summed E-state index contributed by atoms with van der Waals surface area (Å²) in [6, 6.07) is 5.15. The molecule has 0 bridgehead atoms. The Balaban J connectivity index is 2.14. The number of imidazole rings is 1. The van der Waals surface area contributed by atoms with Crippen LogP contribution in [0.4, 0.5) is 5.69 Å². The molecular weight excluding hydrogens is 318 g/mol. The smallest absolute Gasteiger partial charge is 0.284 e. The van der Waals surface area contributed by atoms with Crippen LogP contribution in [0.2, 0.25) is 0 Å². The number of H-pyrrole nitrogens is 1. The summed E-state index contributed by atoms with van der Waals surface area (Å²) in [6.45, 7) is 0. The molecule has 1 aromatic carbocycles. The van der Waals surface area contributed by atoms with E-state index in [0.29, 0.717) is 28.3 Å². The first-order valence-corrected chi connectivity index (χ1v) is 7.11. The molecule has 3 heterocycles. The Morgan fingerprint density at radius 3 is 2.57 bits per heavy atom. The zero-order chi connectivity index (χ0) is 16.3. The monoisotopic (exact) mass is 329 g/mol. The van der Waals surface area contributed by atoms with Gasteiger partial charge in [0, 0.05) is 17.2 Å². The van der Waals surface area contributed by atoms with E-state index in [4.69, 9.17) is 21.7 Å². The first-order valence-electron chi connectivity index (χ1n) is 6.71. The minimum Gasteiger partial charge on any atom is -0.493 e. The van der Waals surface area contributed by atoms with Crippen LogP contribution in [-0.2, 0) is 0 Å². The molecule has 0 radical (unpaired) electrons. The van der Waals surface area contributed by atoms with E-state index in [2.05, 4.69) is 9.98 Å². The summed E-state index contributed by atoms with van der Waals surface area (Å²) in [7, 11) is 3.07. The van der Waals surface area contributed by atoms with Crippen molar-refractivity contribution in [1.82, 2.24) is 9.38 Å². The van der Waals surface area contributed by atoms with Crippen molar-refractivity contribution in [2.75, 3.05) is 14.2 Å². The molecule has 2 aromatic heterocycles. The van der Waals surface area contributed by atoms with E-state index < -0.39 is 0 Å². The number of aromatic amines is 1. The van der Waals surface area contributed by atoms with Crippen LogP contribution >= 0.6 is 12.2 Å². The van der Waals surface area contributed by atoms with Crippen LogP contribution < -0.4 is 20.4 Å². The molecule has 2 N–H and O–H groups in total. The van der Waals surface area contributed by atoms with Crippen molar-refractivity contribution >= 4 is 23.4 Å². The van der Waals surface area contributed by atoms with Crippen LogP contribution in [0.1, 0.15) is 0 Å². The zero-order valence-electron chi connectivity index (χ0n) is 12.2. The lowest BCUT2D eigenvalue weighted by Gasteiger charge is -2.09. The van der Waals surface area contributed by atoms with Crippen molar-refractivity contribution in [3.8, 4) is 28.5 Å². The molecule has 116 valence electrons. The molecular formula is C15H11N3O4S. The van der Waals surface area contributed by atoms with E-state index in [1.165, 1.54) is 18.6 Å². The third-order valence-electron chi connectivity index (χ3n) is 3.88. The number of methoxy groups -OCH3 is 2. The Hall–Kier alpha value is -2.87. The number of hydrogen-bond donors (Lipinski definition) is 2. The van der Waals surface area contributed by atoms with Gasteiger partial charge in [0.25, 0.3) is 5.56 Å². The predicted molar refractivity (Wildman–Crippen MR) is 85.5 cm³/mol. The third-order valence-corrected chi connectivity index (χ3v) is 4.16. The quantitative estimate of drug-likeness (QED) is 0.547. The number of hydrogen-bond acceptors (Lipinski definition) is 6. The van der Waals surface area contributed by atoms with Crippen molar-refractivity contribution in [2.45, 2.75) is 0 Å². The van der Waals surface area contributed by atoms with Crippen LogP contribution in [0.25, 0.3) is 16.6 Å². The maximum Gasteiger partial charge on any atom is 0.284 e.